The van der Waals surface area contributed by atoms with Crippen molar-refractivity contribution in [2.24, 2.45) is 5.92 Å². The molecule has 1 aromatic rings. The molecule has 0 spiro atoms. The van der Waals surface area contributed by atoms with Crippen LogP contribution in [-0.2, 0) is 6.54 Å². The van der Waals surface area contributed by atoms with Crippen molar-refractivity contribution >= 4 is 0 Å². The normalized spacial score (nSPS) is 17.6. The van der Waals surface area contributed by atoms with Gasteiger partial charge in [0, 0.05) is 13.1 Å². The van der Waals surface area contributed by atoms with E-state index in [9.17, 15) is 0 Å². The predicted molar refractivity (Wildman–Crippen MR) is 79.5 cm³/mol. The van der Waals surface area contributed by atoms with Crippen molar-refractivity contribution in [3.8, 4) is 5.75 Å². The van der Waals surface area contributed by atoms with Crippen LogP contribution in [0.1, 0.15) is 25.3 Å². The molecule has 1 heterocycles. The van der Waals surface area contributed by atoms with Crippen LogP contribution in [-0.4, -0.2) is 38.2 Å². The van der Waals surface area contributed by atoms with E-state index in [-0.39, 0.29) is 0 Å². The number of nitrogens with one attached hydrogen (secondary N) is 1. The second kappa shape index (κ2) is 7.51. The molecule has 0 aliphatic carbocycles. The zero-order valence-corrected chi connectivity index (χ0v) is 12.2. The molecule has 1 aliphatic heterocycles. The molecule has 1 N–H and O–H groups in total. The molecule has 0 aromatic heterocycles. The minimum atomic E-state index is 0.789. The number of benzene rings is 1. The zero-order valence-electron chi connectivity index (χ0n) is 12.2. The Morgan fingerprint density at radius 3 is 2.84 bits per heavy atom. The highest BCUT2D eigenvalue weighted by molar-refractivity contribution is 5.28. The van der Waals surface area contributed by atoms with Gasteiger partial charge < -0.3 is 10.1 Å². The lowest BCUT2D eigenvalue weighted by Gasteiger charge is -2.29. The molecule has 0 saturated carbocycles. The standard InChI is InChI=1S/C16H26N2O/c1-14-6-8-18(9-7-14)10-11-19-16-5-3-4-15(12-16)13-17-2/h3-5,12,14,17H,6-11,13H2,1-2H3. The van der Waals surface area contributed by atoms with E-state index < -0.39 is 0 Å². The molecule has 3 heteroatoms. The Morgan fingerprint density at radius 2 is 2.11 bits per heavy atom. The molecular weight excluding hydrogens is 236 g/mol. The molecule has 0 atom stereocenters. The summed E-state index contributed by atoms with van der Waals surface area (Å²) in [5.74, 6) is 1.88. The monoisotopic (exact) mass is 262 g/mol. The van der Waals surface area contributed by atoms with Crippen molar-refractivity contribution < 1.29 is 4.74 Å². The third kappa shape index (κ3) is 4.84. The lowest BCUT2D eigenvalue weighted by Crippen LogP contribution is -2.35. The highest BCUT2D eigenvalue weighted by Crippen LogP contribution is 2.16. The third-order valence-corrected chi connectivity index (χ3v) is 3.83. The summed E-state index contributed by atoms with van der Waals surface area (Å²) in [7, 11) is 1.96. The molecule has 0 bridgehead atoms. The summed E-state index contributed by atoms with van der Waals surface area (Å²) in [6.07, 6.45) is 2.66. The highest BCUT2D eigenvalue weighted by Gasteiger charge is 2.14. The second-order valence-electron chi connectivity index (χ2n) is 5.55. The zero-order chi connectivity index (χ0) is 13.5. The summed E-state index contributed by atoms with van der Waals surface area (Å²) in [5.41, 5.74) is 1.27. The smallest absolute Gasteiger partial charge is 0.119 e. The van der Waals surface area contributed by atoms with Gasteiger partial charge in [-0.2, -0.15) is 0 Å². The second-order valence-corrected chi connectivity index (χ2v) is 5.55. The van der Waals surface area contributed by atoms with Crippen LogP contribution >= 0.6 is 0 Å². The Hall–Kier alpha value is -1.06. The minimum Gasteiger partial charge on any atom is -0.492 e. The van der Waals surface area contributed by atoms with Crippen LogP contribution in [0.5, 0.6) is 5.75 Å². The van der Waals surface area contributed by atoms with Crippen molar-refractivity contribution in [2.75, 3.05) is 33.3 Å². The Bertz CT molecular complexity index is 373. The Morgan fingerprint density at radius 1 is 1.32 bits per heavy atom. The maximum Gasteiger partial charge on any atom is 0.119 e. The van der Waals surface area contributed by atoms with Crippen LogP contribution in [0.15, 0.2) is 24.3 Å². The summed E-state index contributed by atoms with van der Waals surface area (Å²) in [6.45, 7) is 7.53. The van der Waals surface area contributed by atoms with E-state index in [1.165, 1.54) is 31.5 Å². The van der Waals surface area contributed by atoms with Gasteiger partial charge >= 0.3 is 0 Å². The average molecular weight is 262 g/mol. The van der Waals surface area contributed by atoms with Gasteiger partial charge in [-0.1, -0.05) is 19.1 Å². The molecule has 0 radical (unpaired) electrons. The Labute approximate surface area is 116 Å². The SMILES string of the molecule is CNCc1cccc(OCCN2CCC(C)CC2)c1. The van der Waals surface area contributed by atoms with Crippen LogP contribution in [0, 0.1) is 5.92 Å². The van der Waals surface area contributed by atoms with Gasteiger partial charge in [0.2, 0.25) is 0 Å². The van der Waals surface area contributed by atoms with Crippen molar-refractivity contribution in [1.29, 1.82) is 0 Å². The quantitative estimate of drug-likeness (QED) is 0.852. The van der Waals surface area contributed by atoms with E-state index in [4.69, 9.17) is 4.74 Å². The van der Waals surface area contributed by atoms with E-state index >= 15 is 0 Å². The van der Waals surface area contributed by atoms with E-state index in [1.807, 2.05) is 13.1 Å². The van der Waals surface area contributed by atoms with Gasteiger partial charge in [0.15, 0.2) is 0 Å². The lowest BCUT2D eigenvalue weighted by molar-refractivity contribution is 0.160. The molecule has 106 valence electrons. The summed E-state index contributed by atoms with van der Waals surface area (Å²) in [6, 6.07) is 8.34. The number of nitrogens with zero attached hydrogens (tertiary/aromatic N) is 1. The topological polar surface area (TPSA) is 24.5 Å². The highest BCUT2D eigenvalue weighted by atomic mass is 16.5. The van der Waals surface area contributed by atoms with Crippen molar-refractivity contribution in [1.82, 2.24) is 10.2 Å². The van der Waals surface area contributed by atoms with E-state index in [0.29, 0.717) is 0 Å². The summed E-state index contributed by atoms with van der Waals surface area (Å²) in [4.78, 5) is 2.51. The number of ether oxygens (including phenoxy) is 1. The van der Waals surface area contributed by atoms with E-state index in [0.717, 1.165) is 31.4 Å². The van der Waals surface area contributed by atoms with Gasteiger partial charge in [-0.25, -0.2) is 0 Å². The van der Waals surface area contributed by atoms with Crippen molar-refractivity contribution in [2.45, 2.75) is 26.3 Å². The largest absolute Gasteiger partial charge is 0.492 e. The maximum atomic E-state index is 5.85. The Kier molecular flexibility index (Phi) is 5.67. The minimum absolute atomic E-state index is 0.789. The molecule has 19 heavy (non-hydrogen) atoms. The van der Waals surface area contributed by atoms with Gasteiger partial charge in [0.05, 0.1) is 0 Å². The molecule has 1 aromatic carbocycles. The van der Waals surface area contributed by atoms with Crippen LogP contribution < -0.4 is 10.1 Å². The maximum absolute atomic E-state index is 5.85. The molecule has 0 unspecified atom stereocenters. The van der Waals surface area contributed by atoms with Crippen molar-refractivity contribution in [3.63, 3.8) is 0 Å². The molecular formula is C16H26N2O. The number of hydrogen-bond donors (Lipinski definition) is 1. The first-order valence-electron chi connectivity index (χ1n) is 7.36. The molecule has 1 saturated heterocycles. The third-order valence-electron chi connectivity index (χ3n) is 3.83. The first-order chi connectivity index (χ1) is 9.28. The average Bonchev–Trinajstić information content (AvgIpc) is 2.42. The summed E-state index contributed by atoms with van der Waals surface area (Å²) >= 11 is 0. The first-order valence-corrected chi connectivity index (χ1v) is 7.36. The Balaban J connectivity index is 1.71. The van der Waals surface area contributed by atoms with Gasteiger partial charge in [-0.3, -0.25) is 4.90 Å². The van der Waals surface area contributed by atoms with Crippen LogP contribution in [0.25, 0.3) is 0 Å². The summed E-state index contributed by atoms with van der Waals surface area (Å²) in [5, 5.41) is 3.16. The van der Waals surface area contributed by atoms with Crippen LogP contribution in [0.2, 0.25) is 0 Å². The van der Waals surface area contributed by atoms with E-state index in [1.54, 1.807) is 0 Å². The van der Waals surface area contributed by atoms with E-state index in [2.05, 4.69) is 35.3 Å². The van der Waals surface area contributed by atoms with Gasteiger partial charge in [-0.05, 0) is 56.6 Å². The predicted octanol–water partition coefficient (Wildman–Crippen LogP) is 2.52. The first kappa shape index (κ1) is 14.4. The lowest BCUT2D eigenvalue weighted by atomic mass is 9.99. The van der Waals surface area contributed by atoms with Gasteiger partial charge in [0.1, 0.15) is 12.4 Å². The fourth-order valence-corrected chi connectivity index (χ4v) is 2.53. The number of likely N-dealkylation sites (tertiary alicyclic amines) is 1. The molecule has 2 rings (SSSR count). The van der Waals surface area contributed by atoms with Crippen molar-refractivity contribution in [3.05, 3.63) is 29.8 Å². The fraction of sp³-hybridized carbons (Fsp3) is 0.625. The van der Waals surface area contributed by atoms with Crippen LogP contribution in [0.4, 0.5) is 0 Å². The fourth-order valence-electron chi connectivity index (χ4n) is 2.53. The van der Waals surface area contributed by atoms with Crippen LogP contribution in [0.3, 0.4) is 0 Å². The number of hydrogen-bond acceptors (Lipinski definition) is 3. The number of rotatable bonds is 6. The molecule has 3 nitrogen and oxygen atoms in total. The molecule has 0 amide bonds. The summed E-state index contributed by atoms with van der Waals surface area (Å²) < 4.78 is 5.85. The number of piperidine rings is 1. The van der Waals surface area contributed by atoms with Gasteiger partial charge in [0.25, 0.3) is 0 Å². The molecule has 1 fully saturated rings. The van der Waals surface area contributed by atoms with Gasteiger partial charge in [-0.15, -0.1) is 0 Å². The molecule has 1 aliphatic rings.